The summed E-state index contributed by atoms with van der Waals surface area (Å²) in [5.74, 6) is -0.321. The second-order valence-electron chi connectivity index (χ2n) is 6.91. The molecule has 3 rings (SSSR count). The van der Waals surface area contributed by atoms with Crippen LogP contribution in [0.15, 0.2) is 54.6 Å². The van der Waals surface area contributed by atoms with Crippen molar-refractivity contribution in [1.29, 1.82) is 0 Å². The van der Waals surface area contributed by atoms with E-state index in [2.05, 4.69) is 0 Å². The Bertz CT molecular complexity index is 1130. The molecule has 0 radical (unpaired) electrons. The Labute approximate surface area is 180 Å². The van der Waals surface area contributed by atoms with E-state index >= 15 is 0 Å². The van der Waals surface area contributed by atoms with Crippen LogP contribution in [0.1, 0.15) is 43.0 Å². The Hall–Kier alpha value is -2.19. The summed E-state index contributed by atoms with van der Waals surface area (Å²) in [6, 6.07) is 15.3. The van der Waals surface area contributed by atoms with Gasteiger partial charge in [-0.3, -0.25) is 9.59 Å². The maximum absolute atomic E-state index is 13.2. The molecule has 29 heavy (non-hydrogen) atoms. The third kappa shape index (κ3) is 4.23. The molecule has 0 heterocycles. The number of carbonyl (C=O) groups is 2. The molecule has 0 spiro atoms. The molecule has 1 unspecified atom stereocenters. The van der Waals surface area contributed by atoms with Crippen molar-refractivity contribution in [3.63, 3.8) is 0 Å². The molecule has 0 saturated heterocycles. The Balaban J connectivity index is 2.08. The summed E-state index contributed by atoms with van der Waals surface area (Å²) in [6.07, 6.45) is 0. The number of carbonyl (C=O) groups excluding carboxylic acids is 2. The minimum absolute atomic E-state index is 0.0319. The lowest BCUT2D eigenvalue weighted by Gasteiger charge is -2.14. The van der Waals surface area contributed by atoms with E-state index in [4.69, 9.17) is 23.2 Å². The molecule has 0 aliphatic rings. The molecule has 3 nitrogen and oxygen atoms in total. The van der Waals surface area contributed by atoms with Crippen LogP contribution in [0.4, 0.5) is 0 Å². The van der Waals surface area contributed by atoms with Gasteiger partial charge in [-0.15, -0.1) is 0 Å². The van der Waals surface area contributed by atoms with Gasteiger partial charge in [-0.05, 0) is 44.0 Å². The van der Waals surface area contributed by atoms with Gasteiger partial charge in [0.15, 0.2) is 13.6 Å². The highest BCUT2D eigenvalue weighted by Crippen LogP contribution is 2.37. The Kier molecular flexibility index (Phi) is 6.43. The highest BCUT2D eigenvalue weighted by Gasteiger charge is 2.27. The fraction of sp³-hybridized carbons (Fsp3) is 0.130. The summed E-state index contributed by atoms with van der Waals surface area (Å²) in [6.45, 7) is 5.55. The van der Waals surface area contributed by atoms with Crippen molar-refractivity contribution in [3.05, 3.63) is 98.0 Å². The number of rotatable bonds is 5. The van der Waals surface area contributed by atoms with Gasteiger partial charge in [-0.25, -0.2) is 0 Å². The van der Waals surface area contributed by atoms with Crippen LogP contribution >= 0.6 is 31.0 Å². The monoisotopic (exact) mass is 444 g/mol. The van der Waals surface area contributed by atoms with Crippen molar-refractivity contribution in [2.75, 3.05) is 0 Å². The number of hydrogen-bond acceptors (Lipinski definition) is 3. The predicted octanol–water partition coefficient (Wildman–Crippen LogP) is 6.18. The van der Waals surface area contributed by atoms with Crippen molar-refractivity contribution in [2.45, 2.75) is 20.8 Å². The minimum Gasteiger partial charge on any atom is -0.313 e. The topological polar surface area (TPSA) is 51.2 Å². The van der Waals surface area contributed by atoms with E-state index in [-0.39, 0.29) is 26.7 Å². The number of benzene rings is 3. The second-order valence-corrected chi connectivity index (χ2v) is 9.31. The van der Waals surface area contributed by atoms with E-state index in [0.29, 0.717) is 11.1 Å². The lowest BCUT2D eigenvalue weighted by molar-refractivity contribution is 0.103. The van der Waals surface area contributed by atoms with E-state index in [1.807, 2.05) is 19.1 Å². The summed E-state index contributed by atoms with van der Waals surface area (Å²) in [4.78, 5) is 25.9. The predicted molar refractivity (Wildman–Crippen MR) is 120 cm³/mol. The van der Waals surface area contributed by atoms with Crippen LogP contribution in [0.25, 0.3) is 0 Å². The van der Waals surface area contributed by atoms with Gasteiger partial charge in [0.1, 0.15) is 0 Å². The Morgan fingerprint density at radius 3 is 2.03 bits per heavy atom. The van der Waals surface area contributed by atoms with Crippen LogP contribution in [0.2, 0.25) is 10.0 Å². The van der Waals surface area contributed by atoms with Crippen molar-refractivity contribution < 1.29 is 14.2 Å². The van der Waals surface area contributed by atoms with E-state index in [1.54, 1.807) is 44.2 Å². The molecule has 148 valence electrons. The van der Waals surface area contributed by atoms with Gasteiger partial charge in [-0.1, -0.05) is 71.2 Å². The molecule has 0 bridgehead atoms. The summed E-state index contributed by atoms with van der Waals surface area (Å²) >= 11 is 12.7. The molecule has 0 amide bonds. The number of hydrogen-bond donors (Lipinski definition) is 0. The average molecular weight is 445 g/mol. The van der Waals surface area contributed by atoms with E-state index < -0.39 is 13.3 Å². The zero-order valence-electron chi connectivity index (χ0n) is 16.2. The maximum atomic E-state index is 13.2. The van der Waals surface area contributed by atoms with Gasteiger partial charge in [0.2, 0.25) is 5.52 Å². The highest BCUT2D eigenvalue weighted by atomic mass is 35.5. The highest BCUT2D eigenvalue weighted by molar-refractivity contribution is 7.72. The quantitative estimate of drug-likeness (QED) is 0.348. The van der Waals surface area contributed by atoms with Gasteiger partial charge in [0.25, 0.3) is 0 Å². The van der Waals surface area contributed by atoms with Crippen LogP contribution in [0.3, 0.4) is 0 Å². The maximum Gasteiger partial charge on any atom is 0.223 e. The average Bonchev–Trinajstić information content (AvgIpc) is 2.67. The molecule has 0 N–H and O–H groups in total. The third-order valence-electron chi connectivity index (χ3n) is 4.71. The van der Waals surface area contributed by atoms with Gasteiger partial charge in [0.05, 0.1) is 15.3 Å². The summed E-state index contributed by atoms with van der Waals surface area (Å²) < 4.78 is 13.2. The summed E-state index contributed by atoms with van der Waals surface area (Å²) in [5.41, 5.74) is 3.01. The van der Waals surface area contributed by atoms with E-state index in [9.17, 15) is 14.2 Å². The first-order valence-electron chi connectivity index (χ1n) is 8.97. The molecule has 0 saturated carbocycles. The fourth-order valence-electron chi connectivity index (χ4n) is 3.45. The van der Waals surface area contributed by atoms with Gasteiger partial charge < -0.3 is 4.57 Å². The SMILES string of the molecule is Cc1cc(C)c(C(=O)[PH](=O)c2c(Cl)ccc(C(=O)c3ccccc3)c2Cl)c(C)c1. The lowest BCUT2D eigenvalue weighted by atomic mass is 10.0. The zero-order chi connectivity index (χ0) is 21.3. The van der Waals surface area contributed by atoms with Crippen molar-refractivity contribution >= 4 is 47.6 Å². The van der Waals surface area contributed by atoms with Crippen molar-refractivity contribution in [3.8, 4) is 0 Å². The molecule has 0 aliphatic heterocycles. The lowest BCUT2D eigenvalue weighted by Crippen LogP contribution is -2.13. The largest absolute Gasteiger partial charge is 0.313 e. The van der Waals surface area contributed by atoms with Gasteiger partial charge >= 0.3 is 0 Å². The first kappa shape index (κ1) is 21.5. The van der Waals surface area contributed by atoms with E-state index in [0.717, 1.165) is 16.7 Å². The summed E-state index contributed by atoms with van der Waals surface area (Å²) in [5, 5.41) is 0.106. The molecular formula is C23H19Cl2O3P. The molecule has 3 aromatic rings. The number of ketones is 1. The van der Waals surface area contributed by atoms with Crippen LogP contribution in [-0.2, 0) is 4.57 Å². The number of halogens is 2. The van der Waals surface area contributed by atoms with Crippen molar-refractivity contribution in [1.82, 2.24) is 0 Å². The van der Waals surface area contributed by atoms with Crippen LogP contribution in [0, 0.1) is 20.8 Å². The molecule has 1 atom stereocenters. The summed E-state index contributed by atoms with van der Waals surface area (Å²) in [7, 11) is -3.06. The Morgan fingerprint density at radius 2 is 1.45 bits per heavy atom. The standard InChI is InChI=1S/C23H19Cl2O3P/c1-13-11-14(2)19(15(3)12-13)23(27)29(28)22-18(24)10-9-17(20(22)25)21(26)16-7-5-4-6-8-16/h4-12,29H,1-3H3. The fourth-order valence-corrected chi connectivity index (χ4v) is 5.90. The first-order chi connectivity index (χ1) is 13.7. The molecule has 0 aliphatic carbocycles. The zero-order valence-corrected chi connectivity index (χ0v) is 18.7. The van der Waals surface area contributed by atoms with Crippen LogP contribution in [-0.4, -0.2) is 11.3 Å². The first-order valence-corrected chi connectivity index (χ1v) is 11.1. The minimum atomic E-state index is -3.06. The molecule has 0 aromatic heterocycles. The van der Waals surface area contributed by atoms with Crippen LogP contribution < -0.4 is 5.30 Å². The second kappa shape index (κ2) is 8.67. The van der Waals surface area contributed by atoms with Crippen LogP contribution in [0.5, 0.6) is 0 Å². The number of aryl methyl sites for hydroxylation is 3. The van der Waals surface area contributed by atoms with E-state index in [1.165, 1.54) is 12.1 Å². The molecular weight excluding hydrogens is 426 g/mol. The molecule has 6 heteroatoms. The van der Waals surface area contributed by atoms with Gasteiger partial charge in [-0.2, -0.15) is 0 Å². The molecule has 3 aromatic carbocycles. The smallest absolute Gasteiger partial charge is 0.223 e. The third-order valence-corrected chi connectivity index (χ3v) is 7.37. The normalized spacial score (nSPS) is 11.9. The molecule has 0 fully saturated rings. The van der Waals surface area contributed by atoms with Gasteiger partial charge in [0, 0.05) is 16.7 Å². The Morgan fingerprint density at radius 1 is 0.862 bits per heavy atom. The van der Waals surface area contributed by atoms with Crippen molar-refractivity contribution in [2.24, 2.45) is 0 Å².